The lowest BCUT2D eigenvalue weighted by atomic mass is 9.80. The quantitative estimate of drug-likeness (QED) is 0.770. The maximum atomic E-state index is 12.2. The summed E-state index contributed by atoms with van der Waals surface area (Å²) in [5.74, 6) is 0. The molecule has 1 aromatic rings. The van der Waals surface area contributed by atoms with Crippen molar-refractivity contribution in [2.24, 2.45) is 12.5 Å². The summed E-state index contributed by atoms with van der Waals surface area (Å²) < 4.78 is 33.9. The van der Waals surface area contributed by atoms with Gasteiger partial charge in [0.2, 0.25) is 0 Å². The highest BCUT2D eigenvalue weighted by molar-refractivity contribution is 7.89. The van der Waals surface area contributed by atoms with Crippen molar-refractivity contribution in [3.05, 3.63) is 12.5 Å². The van der Waals surface area contributed by atoms with Crippen LogP contribution in [0.3, 0.4) is 0 Å². The second-order valence-electron chi connectivity index (χ2n) is 5.38. The number of sulfonamides is 1. The average molecular weight is 339 g/mol. The normalized spacial score (nSPS) is 18.2. The molecule has 2 heterocycles. The van der Waals surface area contributed by atoms with Crippen LogP contribution in [0.15, 0.2) is 17.6 Å². The topological polar surface area (TPSA) is 85.2 Å². The monoisotopic (exact) mass is 338 g/mol. The Morgan fingerprint density at radius 3 is 2.67 bits per heavy atom. The predicted octanol–water partition coefficient (Wildman–Crippen LogP) is 0.136. The number of aryl methyl sites for hydroxylation is 1. The molecule has 7 nitrogen and oxygen atoms in total. The number of nitrogens with one attached hydrogen (secondary N) is 2. The van der Waals surface area contributed by atoms with Crippen molar-refractivity contribution in [3.63, 3.8) is 0 Å². The lowest BCUT2D eigenvalue weighted by Gasteiger charge is -2.37. The van der Waals surface area contributed by atoms with E-state index in [0.717, 1.165) is 25.9 Å². The Balaban J connectivity index is 0.00000220. The van der Waals surface area contributed by atoms with E-state index in [1.807, 2.05) is 0 Å². The van der Waals surface area contributed by atoms with Gasteiger partial charge in [-0.15, -0.1) is 12.4 Å². The number of rotatable bonds is 6. The van der Waals surface area contributed by atoms with Crippen LogP contribution in [0.2, 0.25) is 0 Å². The first kappa shape index (κ1) is 18.4. The maximum Gasteiger partial charge on any atom is 0.259 e. The van der Waals surface area contributed by atoms with Crippen LogP contribution >= 0.6 is 12.4 Å². The Morgan fingerprint density at radius 2 is 2.14 bits per heavy atom. The van der Waals surface area contributed by atoms with Crippen molar-refractivity contribution in [1.29, 1.82) is 0 Å². The van der Waals surface area contributed by atoms with Gasteiger partial charge in [0.15, 0.2) is 5.03 Å². The largest absolute Gasteiger partial charge is 0.384 e. The zero-order chi connectivity index (χ0) is 14.6. The van der Waals surface area contributed by atoms with E-state index in [9.17, 15) is 8.42 Å². The molecule has 1 aliphatic heterocycles. The van der Waals surface area contributed by atoms with Gasteiger partial charge in [-0.2, -0.15) is 0 Å². The highest BCUT2D eigenvalue weighted by Crippen LogP contribution is 2.28. The number of hydrogen-bond acceptors (Lipinski definition) is 5. The lowest BCUT2D eigenvalue weighted by molar-refractivity contribution is 0.0577. The SMILES string of the molecule is COCC1(CNS(=O)(=O)c2cn(C)cn2)CCNCC1.Cl. The lowest BCUT2D eigenvalue weighted by Crippen LogP contribution is -2.47. The smallest absolute Gasteiger partial charge is 0.259 e. The third kappa shape index (κ3) is 4.65. The molecule has 1 fully saturated rings. The van der Waals surface area contributed by atoms with Crippen LogP contribution in [0.1, 0.15) is 12.8 Å². The van der Waals surface area contributed by atoms with E-state index >= 15 is 0 Å². The van der Waals surface area contributed by atoms with Crippen molar-refractivity contribution < 1.29 is 13.2 Å². The summed E-state index contributed by atoms with van der Waals surface area (Å²) in [5, 5.41) is 3.34. The molecule has 0 saturated carbocycles. The molecule has 1 aromatic heterocycles. The number of piperidine rings is 1. The Hall–Kier alpha value is -0.670. The Bertz CT molecular complexity index is 535. The number of imidazole rings is 1. The minimum absolute atomic E-state index is 0. The summed E-state index contributed by atoms with van der Waals surface area (Å²) in [6.07, 6.45) is 4.76. The maximum absolute atomic E-state index is 12.2. The van der Waals surface area contributed by atoms with Crippen LogP contribution < -0.4 is 10.0 Å². The van der Waals surface area contributed by atoms with Crippen molar-refractivity contribution in [1.82, 2.24) is 19.6 Å². The molecular weight excluding hydrogens is 316 g/mol. The second kappa shape index (κ2) is 7.55. The Morgan fingerprint density at radius 1 is 1.48 bits per heavy atom. The van der Waals surface area contributed by atoms with Crippen LogP contribution in [-0.4, -0.2) is 51.3 Å². The molecule has 1 aliphatic rings. The van der Waals surface area contributed by atoms with Crippen LogP contribution in [0, 0.1) is 5.41 Å². The number of methoxy groups -OCH3 is 1. The molecule has 0 amide bonds. The number of ether oxygens (including phenoxy) is 1. The number of nitrogens with zero attached hydrogens (tertiary/aromatic N) is 2. The van der Waals surface area contributed by atoms with E-state index in [1.165, 1.54) is 12.5 Å². The third-order valence-electron chi connectivity index (χ3n) is 3.71. The fraction of sp³-hybridized carbons (Fsp3) is 0.750. The van der Waals surface area contributed by atoms with Crippen molar-refractivity contribution >= 4 is 22.4 Å². The molecule has 0 aliphatic carbocycles. The molecule has 2 rings (SSSR count). The first-order chi connectivity index (χ1) is 9.47. The predicted molar refractivity (Wildman–Crippen MR) is 82.1 cm³/mol. The fourth-order valence-electron chi connectivity index (χ4n) is 2.49. The first-order valence-electron chi connectivity index (χ1n) is 6.65. The molecule has 0 aromatic carbocycles. The van der Waals surface area contributed by atoms with Crippen LogP contribution in [-0.2, 0) is 21.8 Å². The van der Waals surface area contributed by atoms with E-state index in [4.69, 9.17) is 4.74 Å². The van der Waals surface area contributed by atoms with E-state index in [-0.39, 0.29) is 22.8 Å². The van der Waals surface area contributed by atoms with Gasteiger partial charge >= 0.3 is 0 Å². The Kier molecular flexibility index (Phi) is 6.61. The number of halogens is 1. The fourth-order valence-corrected chi connectivity index (χ4v) is 3.62. The van der Waals surface area contributed by atoms with E-state index in [2.05, 4.69) is 15.0 Å². The minimum atomic E-state index is -3.55. The van der Waals surface area contributed by atoms with Gasteiger partial charge in [0.1, 0.15) is 0 Å². The average Bonchev–Trinajstić information content (AvgIpc) is 2.86. The summed E-state index contributed by atoms with van der Waals surface area (Å²) in [5.41, 5.74) is -0.137. The van der Waals surface area contributed by atoms with Crippen molar-refractivity contribution in [2.45, 2.75) is 17.9 Å². The van der Waals surface area contributed by atoms with Gasteiger partial charge in [-0.1, -0.05) is 0 Å². The molecule has 2 N–H and O–H groups in total. The van der Waals surface area contributed by atoms with Crippen LogP contribution in [0.25, 0.3) is 0 Å². The van der Waals surface area contributed by atoms with Gasteiger partial charge in [0.05, 0.1) is 12.9 Å². The van der Waals surface area contributed by atoms with Crippen molar-refractivity contribution in [2.75, 3.05) is 33.4 Å². The molecule has 9 heteroatoms. The second-order valence-corrected chi connectivity index (χ2v) is 7.10. The molecular formula is C12H23ClN4O3S. The van der Waals surface area contributed by atoms with Crippen LogP contribution in [0.5, 0.6) is 0 Å². The van der Waals surface area contributed by atoms with Gasteiger partial charge in [0.25, 0.3) is 10.0 Å². The highest BCUT2D eigenvalue weighted by atomic mass is 35.5. The number of hydrogen-bond donors (Lipinski definition) is 2. The van der Waals surface area contributed by atoms with Gasteiger partial charge < -0.3 is 14.6 Å². The summed E-state index contributed by atoms with van der Waals surface area (Å²) in [6, 6.07) is 0. The number of aromatic nitrogens is 2. The van der Waals surface area contributed by atoms with E-state index in [1.54, 1.807) is 18.7 Å². The third-order valence-corrected chi connectivity index (χ3v) is 4.99. The van der Waals surface area contributed by atoms with E-state index in [0.29, 0.717) is 13.2 Å². The van der Waals surface area contributed by atoms with Crippen LogP contribution in [0.4, 0.5) is 0 Å². The molecule has 0 unspecified atom stereocenters. The van der Waals surface area contributed by atoms with Crippen molar-refractivity contribution in [3.8, 4) is 0 Å². The van der Waals surface area contributed by atoms with Gasteiger partial charge in [-0.3, -0.25) is 0 Å². The highest BCUT2D eigenvalue weighted by Gasteiger charge is 2.33. The minimum Gasteiger partial charge on any atom is -0.384 e. The van der Waals surface area contributed by atoms with Gasteiger partial charge in [-0.05, 0) is 25.9 Å². The first-order valence-corrected chi connectivity index (χ1v) is 8.13. The summed E-state index contributed by atoms with van der Waals surface area (Å²) >= 11 is 0. The van der Waals surface area contributed by atoms with Gasteiger partial charge in [0, 0.05) is 32.3 Å². The molecule has 0 radical (unpaired) electrons. The molecule has 0 atom stereocenters. The molecule has 0 spiro atoms. The summed E-state index contributed by atoms with van der Waals surface area (Å²) in [6.45, 7) is 2.70. The Labute approximate surface area is 131 Å². The molecule has 1 saturated heterocycles. The summed E-state index contributed by atoms with van der Waals surface area (Å²) in [7, 11) is -0.162. The molecule has 122 valence electrons. The summed E-state index contributed by atoms with van der Waals surface area (Å²) in [4.78, 5) is 3.89. The zero-order valence-corrected chi connectivity index (χ0v) is 14.0. The zero-order valence-electron chi connectivity index (χ0n) is 12.3. The van der Waals surface area contributed by atoms with E-state index < -0.39 is 10.0 Å². The molecule has 0 bridgehead atoms. The molecule has 21 heavy (non-hydrogen) atoms. The van der Waals surface area contributed by atoms with Gasteiger partial charge in [-0.25, -0.2) is 18.1 Å². The standard InChI is InChI=1S/C12H22N4O3S.ClH/c1-16-7-11(14-10-16)20(17,18)15-8-12(9-19-2)3-5-13-6-4-12;/h7,10,13,15H,3-6,8-9H2,1-2H3;1H.